The molecule has 4 aromatic carbocycles. The Morgan fingerprint density at radius 3 is 2.32 bits per heavy atom. The van der Waals surface area contributed by atoms with Gasteiger partial charge in [-0.15, -0.1) is 0 Å². The third-order valence-electron chi connectivity index (χ3n) is 5.81. The lowest BCUT2D eigenvalue weighted by atomic mass is 10.1. The number of carbonyl (C=O) groups excluding carboxylic acids is 1. The van der Waals surface area contributed by atoms with E-state index < -0.39 is 0 Å². The van der Waals surface area contributed by atoms with Gasteiger partial charge in [0.1, 0.15) is 11.6 Å². The van der Waals surface area contributed by atoms with Crippen molar-refractivity contribution in [2.75, 3.05) is 6.54 Å². The maximum Gasteiger partial charge on any atom is 0.251 e. The predicted octanol–water partition coefficient (Wildman–Crippen LogP) is 5.86. The van der Waals surface area contributed by atoms with Crippen LogP contribution in [0.2, 0.25) is 0 Å². The van der Waals surface area contributed by atoms with Crippen LogP contribution in [0.3, 0.4) is 0 Å². The molecule has 0 unspecified atom stereocenters. The molecule has 5 aromatic rings. The molecule has 0 atom stereocenters. The molecule has 5 heteroatoms. The summed E-state index contributed by atoms with van der Waals surface area (Å²) in [5.41, 5.74) is 5.34. The van der Waals surface area contributed by atoms with Crippen LogP contribution in [0.15, 0.2) is 103 Å². The second kappa shape index (κ2) is 9.71. The minimum atomic E-state index is -0.268. The lowest BCUT2D eigenvalue weighted by Crippen LogP contribution is -2.25. The number of rotatable bonds is 7. The molecule has 1 amide bonds. The van der Waals surface area contributed by atoms with Crippen molar-refractivity contribution in [3.63, 3.8) is 0 Å². The lowest BCUT2D eigenvalue weighted by Gasteiger charge is -2.11. The number of imidazole rings is 1. The van der Waals surface area contributed by atoms with E-state index in [-0.39, 0.29) is 11.7 Å². The lowest BCUT2D eigenvalue weighted by molar-refractivity contribution is 0.0954. The van der Waals surface area contributed by atoms with E-state index in [9.17, 15) is 9.18 Å². The average molecular weight is 450 g/mol. The minimum absolute atomic E-state index is 0.160. The van der Waals surface area contributed by atoms with Crippen molar-refractivity contribution in [1.82, 2.24) is 14.9 Å². The van der Waals surface area contributed by atoms with Crippen LogP contribution in [0.5, 0.6) is 0 Å². The number of nitrogens with one attached hydrogen (secondary N) is 1. The van der Waals surface area contributed by atoms with Gasteiger partial charge in [0, 0.05) is 24.2 Å². The van der Waals surface area contributed by atoms with Crippen LogP contribution in [-0.2, 0) is 13.0 Å². The van der Waals surface area contributed by atoms with Crippen molar-refractivity contribution in [1.29, 1.82) is 0 Å². The van der Waals surface area contributed by atoms with E-state index in [1.165, 1.54) is 12.1 Å². The number of hydrogen-bond acceptors (Lipinski definition) is 2. The van der Waals surface area contributed by atoms with Crippen LogP contribution >= 0.6 is 0 Å². The number of hydrogen-bond donors (Lipinski definition) is 1. The van der Waals surface area contributed by atoms with Gasteiger partial charge in [-0.2, -0.15) is 0 Å². The zero-order chi connectivity index (χ0) is 23.3. The van der Waals surface area contributed by atoms with Crippen LogP contribution in [0, 0.1) is 5.82 Å². The monoisotopic (exact) mass is 449 g/mol. The standard InChI is InChI=1S/C29H24FN3O/c30-25-13-7-10-21(18-25)16-17-31-29(34)24-14-15-26-27(19-24)33(20-22-8-3-1-4-9-22)28(32-26)23-11-5-2-6-12-23/h1-15,18-19H,16-17,20H2,(H,31,34). The summed E-state index contributed by atoms with van der Waals surface area (Å²) in [7, 11) is 0. The number of aromatic nitrogens is 2. The first-order valence-electron chi connectivity index (χ1n) is 11.3. The molecule has 0 radical (unpaired) electrons. The summed E-state index contributed by atoms with van der Waals surface area (Å²) in [6, 6.07) is 32.3. The zero-order valence-corrected chi connectivity index (χ0v) is 18.6. The molecule has 5 rings (SSSR count). The smallest absolute Gasteiger partial charge is 0.251 e. The van der Waals surface area contributed by atoms with Crippen molar-refractivity contribution in [2.45, 2.75) is 13.0 Å². The first kappa shape index (κ1) is 21.6. The minimum Gasteiger partial charge on any atom is -0.352 e. The quantitative estimate of drug-likeness (QED) is 0.338. The molecule has 4 nitrogen and oxygen atoms in total. The van der Waals surface area contributed by atoms with Crippen LogP contribution in [0.4, 0.5) is 4.39 Å². The Bertz CT molecular complexity index is 1430. The van der Waals surface area contributed by atoms with E-state index >= 15 is 0 Å². The molecule has 1 heterocycles. The molecule has 168 valence electrons. The van der Waals surface area contributed by atoms with E-state index in [2.05, 4.69) is 22.0 Å². The molecule has 0 fully saturated rings. The van der Waals surface area contributed by atoms with Gasteiger partial charge in [-0.1, -0.05) is 72.8 Å². The fraction of sp³-hybridized carbons (Fsp3) is 0.103. The molecule has 1 aromatic heterocycles. The number of nitrogens with zero attached hydrogens (tertiary/aromatic N) is 2. The number of halogens is 1. The Morgan fingerprint density at radius 2 is 1.56 bits per heavy atom. The molecular formula is C29H24FN3O. The van der Waals surface area contributed by atoms with E-state index in [4.69, 9.17) is 4.98 Å². The van der Waals surface area contributed by atoms with Crippen LogP contribution < -0.4 is 5.32 Å². The summed E-state index contributed by atoms with van der Waals surface area (Å²) in [5, 5.41) is 2.95. The highest BCUT2D eigenvalue weighted by Gasteiger charge is 2.15. The molecule has 0 bridgehead atoms. The van der Waals surface area contributed by atoms with Gasteiger partial charge in [-0.3, -0.25) is 4.79 Å². The van der Waals surface area contributed by atoms with Gasteiger partial charge in [0.2, 0.25) is 0 Å². The Labute approximate surface area is 197 Å². The molecule has 34 heavy (non-hydrogen) atoms. The van der Waals surface area contributed by atoms with E-state index in [0.717, 1.165) is 33.5 Å². The van der Waals surface area contributed by atoms with Gasteiger partial charge in [-0.05, 0) is 47.9 Å². The molecule has 0 aliphatic carbocycles. The van der Waals surface area contributed by atoms with Gasteiger partial charge in [-0.25, -0.2) is 9.37 Å². The van der Waals surface area contributed by atoms with Gasteiger partial charge in [0.05, 0.1) is 11.0 Å². The summed E-state index contributed by atoms with van der Waals surface area (Å²) in [5.74, 6) is 0.435. The average Bonchev–Trinajstić information content (AvgIpc) is 3.23. The second-order valence-electron chi connectivity index (χ2n) is 8.21. The second-order valence-corrected chi connectivity index (χ2v) is 8.21. The fourth-order valence-corrected chi connectivity index (χ4v) is 4.11. The molecule has 0 aliphatic heterocycles. The van der Waals surface area contributed by atoms with E-state index in [1.807, 2.05) is 66.7 Å². The predicted molar refractivity (Wildman–Crippen MR) is 133 cm³/mol. The summed E-state index contributed by atoms with van der Waals surface area (Å²) >= 11 is 0. The highest BCUT2D eigenvalue weighted by atomic mass is 19.1. The maximum atomic E-state index is 13.4. The molecule has 0 aliphatic rings. The summed E-state index contributed by atoms with van der Waals surface area (Å²) in [6.07, 6.45) is 0.565. The van der Waals surface area contributed by atoms with Gasteiger partial charge >= 0.3 is 0 Å². The molecule has 0 saturated carbocycles. The fourth-order valence-electron chi connectivity index (χ4n) is 4.11. The highest BCUT2D eigenvalue weighted by molar-refractivity contribution is 5.98. The van der Waals surface area contributed by atoms with Crippen LogP contribution in [0.25, 0.3) is 22.4 Å². The topological polar surface area (TPSA) is 46.9 Å². The number of carbonyl (C=O) groups is 1. The Balaban J connectivity index is 1.44. The molecule has 0 spiro atoms. The van der Waals surface area contributed by atoms with E-state index in [0.29, 0.717) is 25.1 Å². The van der Waals surface area contributed by atoms with E-state index in [1.54, 1.807) is 12.1 Å². The Kier molecular flexibility index (Phi) is 6.17. The number of fused-ring (bicyclic) bond motifs is 1. The first-order valence-corrected chi connectivity index (χ1v) is 11.3. The van der Waals surface area contributed by atoms with Crippen molar-refractivity contribution >= 4 is 16.9 Å². The largest absolute Gasteiger partial charge is 0.352 e. The van der Waals surface area contributed by atoms with Gasteiger partial charge in [0.25, 0.3) is 5.91 Å². The van der Waals surface area contributed by atoms with Crippen molar-refractivity contribution < 1.29 is 9.18 Å². The normalized spacial score (nSPS) is 11.0. The summed E-state index contributed by atoms with van der Waals surface area (Å²) < 4.78 is 15.5. The van der Waals surface area contributed by atoms with Crippen molar-refractivity contribution in [3.05, 3.63) is 126 Å². The number of amides is 1. The Hall–Kier alpha value is -4.25. The molecule has 0 saturated heterocycles. The SMILES string of the molecule is O=C(NCCc1cccc(F)c1)c1ccc2nc(-c3ccccc3)n(Cc3ccccc3)c2c1. The third kappa shape index (κ3) is 4.74. The van der Waals surface area contributed by atoms with Crippen molar-refractivity contribution in [3.8, 4) is 11.4 Å². The van der Waals surface area contributed by atoms with Crippen LogP contribution in [-0.4, -0.2) is 22.0 Å². The summed E-state index contributed by atoms with van der Waals surface area (Å²) in [6.45, 7) is 1.07. The first-order chi connectivity index (χ1) is 16.7. The van der Waals surface area contributed by atoms with Gasteiger partial charge < -0.3 is 9.88 Å². The summed E-state index contributed by atoms with van der Waals surface area (Å²) in [4.78, 5) is 17.8. The molecule has 1 N–H and O–H groups in total. The zero-order valence-electron chi connectivity index (χ0n) is 18.6. The highest BCUT2D eigenvalue weighted by Crippen LogP contribution is 2.27. The maximum absolute atomic E-state index is 13.4. The van der Waals surface area contributed by atoms with Crippen LogP contribution in [0.1, 0.15) is 21.5 Å². The number of benzene rings is 4. The molecular weight excluding hydrogens is 425 g/mol. The third-order valence-corrected chi connectivity index (χ3v) is 5.81. The van der Waals surface area contributed by atoms with Gasteiger partial charge in [0.15, 0.2) is 0 Å². The Morgan fingerprint density at radius 1 is 0.824 bits per heavy atom. The van der Waals surface area contributed by atoms with Crippen molar-refractivity contribution in [2.24, 2.45) is 0 Å².